The molecule has 3 N–H and O–H groups in total. The maximum atomic E-state index is 13.3. The van der Waals surface area contributed by atoms with Crippen LogP contribution in [0.3, 0.4) is 0 Å². The summed E-state index contributed by atoms with van der Waals surface area (Å²) in [5.41, 5.74) is -1.22. The van der Waals surface area contributed by atoms with Gasteiger partial charge >= 0.3 is 0 Å². The number of H-pyrrole nitrogens is 1. The molecule has 5 nitrogen and oxygen atoms in total. The molecule has 0 aliphatic heterocycles. The van der Waals surface area contributed by atoms with Crippen molar-refractivity contribution < 1.29 is 18.7 Å². The van der Waals surface area contributed by atoms with Crippen molar-refractivity contribution in [2.24, 2.45) is 0 Å². The van der Waals surface area contributed by atoms with E-state index in [1.54, 1.807) is 0 Å². The molecule has 0 bridgehead atoms. The smallest absolute Gasteiger partial charge is 0.260 e. The van der Waals surface area contributed by atoms with Gasteiger partial charge in [-0.2, -0.15) is 0 Å². The summed E-state index contributed by atoms with van der Waals surface area (Å²) in [4.78, 5) is 24.8. The number of rotatable bonds is 2. The van der Waals surface area contributed by atoms with E-state index < -0.39 is 28.9 Å². The molecule has 0 saturated heterocycles. The molecule has 0 fully saturated rings. The molecule has 0 spiro atoms. The summed E-state index contributed by atoms with van der Waals surface area (Å²) >= 11 is 0. The summed E-state index contributed by atoms with van der Waals surface area (Å²) < 4.78 is 26.2. The van der Waals surface area contributed by atoms with E-state index in [9.17, 15) is 23.5 Å². The normalized spacial score (nSPS) is 10.2. The molecule has 0 aliphatic carbocycles. The van der Waals surface area contributed by atoms with Gasteiger partial charge in [-0.15, -0.1) is 0 Å². The lowest BCUT2D eigenvalue weighted by molar-refractivity contribution is 0.102. The lowest BCUT2D eigenvalue weighted by atomic mass is 10.2. The average molecular weight is 266 g/mol. The second-order valence-corrected chi connectivity index (χ2v) is 3.67. The Hall–Kier alpha value is -2.70. The molecule has 0 unspecified atom stereocenters. The van der Waals surface area contributed by atoms with E-state index in [4.69, 9.17) is 0 Å². The molecule has 19 heavy (non-hydrogen) atoms. The van der Waals surface area contributed by atoms with Crippen molar-refractivity contribution in [1.82, 2.24) is 4.98 Å². The first-order valence-electron chi connectivity index (χ1n) is 5.15. The molecule has 2 aromatic rings. The van der Waals surface area contributed by atoms with Gasteiger partial charge in [0.2, 0.25) is 0 Å². The number of anilines is 1. The standard InChI is InChI=1S/C12H8F2N2O3/c13-6-1-2-8(14)9(3-6)16-12(19)7-5-15-11(18)4-10(7)17/h1-5H,(H,16,19)(H2,15,17,18). The number of carbonyl (C=O) groups excluding carboxylic acids is 1. The van der Waals surface area contributed by atoms with Gasteiger partial charge < -0.3 is 15.4 Å². The number of pyridine rings is 1. The number of halogens is 2. The summed E-state index contributed by atoms with van der Waals surface area (Å²) in [5.74, 6) is -2.97. The SMILES string of the molecule is O=C(Nc1cc(F)ccc1F)c1c[nH]c(=O)cc1O. The molecule has 2 rings (SSSR count). The van der Waals surface area contributed by atoms with Crippen LogP contribution >= 0.6 is 0 Å². The van der Waals surface area contributed by atoms with E-state index in [0.29, 0.717) is 0 Å². The zero-order valence-corrected chi connectivity index (χ0v) is 9.41. The minimum atomic E-state index is -0.877. The van der Waals surface area contributed by atoms with Gasteiger partial charge in [0.25, 0.3) is 11.5 Å². The highest BCUT2D eigenvalue weighted by Gasteiger charge is 2.14. The number of amides is 1. The monoisotopic (exact) mass is 266 g/mol. The number of carbonyl (C=O) groups is 1. The first-order chi connectivity index (χ1) is 8.97. The Morgan fingerprint density at radius 2 is 2.00 bits per heavy atom. The van der Waals surface area contributed by atoms with E-state index in [2.05, 4.69) is 10.3 Å². The highest BCUT2D eigenvalue weighted by atomic mass is 19.1. The number of aromatic nitrogens is 1. The molecule has 1 amide bonds. The zero-order valence-electron chi connectivity index (χ0n) is 9.41. The molecule has 0 aliphatic rings. The van der Waals surface area contributed by atoms with Gasteiger partial charge in [0, 0.05) is 18.3 Å². The molecular weight excluding hydrogens is 258 g/mol. The van der Waals surface area contributed by atoms with Crippen LogP contribution in [0.2, 0.25) is 0 Å². The van der Waals surface area contributed by atoms with Crippen molar-refractivity contribution in [1.29, 1.82) is 0 Å². The largest absolute Gasteiger partial charge is 0.507 e. The molecule has 0 radical (unpaired) electrons. The third-order valence-corrected chi connectivity index (χ3v) is 2.32. The third-order valence-electron chi connectivity index (χ3n) is 2.32. The summed E-state index contributed by atoms with van der Waals surface area (Å²) in [6.07, 6.45) is 0.976. The van der Waals surface area contributed by atoms with E-state index in [0.717, 1.165) is 30.5 Å². The number of nitrogens with one attached hydrogen (secondary N) is 2. The molecule has 7 heteroatoms. The third kappa shape index (κ3) is 2.76. The number of benzene rings is 1. The topological polar surface area (TPSA) is 82.2 Å². The van der Waals surface area contributed by atoms with Crippen LogP contribution in [0.15, 0.2) is 35.3 Å². The molecular formula is C12H8F2N2O3. The minimum Gasteiger partial charge on any atom is -0.507 e. The van der Waals surface area contributed by atoms with Gasteiger partial charge in [0.1, 0.15) is 17.4 Å². The van der Waals surface area contributed by atoms with Crippen molar-refractivity contribution in [3.63, 3.8) is 0 Å². The Morgan fingerprint density at radius 3 is 2.68 bits per heavy atom. The Bertz CT molecular complexity index is 698. The van der Waals surface area contributed by atoms with E-state index in [-0.39, 0.29) is 11.3 Å². The summed E-state index contributed by atoms with van der Waals surface area (Å²) in [7, 11) is 0. The van der Waals surface area contributed by atoms with Crippen LogP contribution in [0.1, 0.15) is 10.4 Å². The summed E-state index contributed by atoms with van der Waals surface area (Å²) in [6, 6.07) is 3.37. The predicted molar refractivity (Wildman–Crippen MR) is 63.0 cm³/mol. The minimum absolute atomic E-state index is 0.261. The molecule has 1 aromatic carbocycles. The molecule has 1 heterocycles. The number of hydrogen-bond acceptors (Lipinski definition) is 3. The second-order valence-electron chi connectivity index (χ2n) is 3.67. The van der Waals surface area contributed by atoms with E-state index in [1.807, 2.05) is 0 Å². The highest BCUT2D eigenvalue weighted by Crippen LogP contribution is 2.18. The van der Waals surface area contributed by atoms with Gasteiger partial charge in [-0.1, -0.05) is 0 Å². The first-order valence-corrected chi connectivity index (χ1v) is 5.15. The number of aromatic amines is 1. The maximum Gasteiger partial charge on any atom is 0.260 e. The van der Waals surface area contributed by atoms with Crippen molar-refractivity contribution in [2.45, 2.75) is 0 Å². The van der Waals surface area contributed by atoms with Crippen molar-refractivity contribution in [3.8, 4) is 5.75 Å². The Balaban J connectivity index is 2.30. The van der Waals surface area contributed by atoms with Gasteiger partial charge in [-0.3, -0.25) is 9.59 Å². The van der Waals surface area contributed by atoms with E-state index >= 15 is 0 Å². The fourth-order valence-corrected chi connectivity index (χ4v) is 1.43. The Kier molecular flexibility index (Phi) is 3.28. The zero-order chi connectivity index (χ0) is 14.0. The fourth-order valence-electron chi connectivity index (χ4n) is 1.43. The molecule has 0 atom stereocenters. The van der Waals surface area contributed by atoms with Crippen LogP contribution in [0.4, 0.5) is 14.5 Å². The Morgan fingerprint density at radius 1 is 1.26 bits per heavy atom. The van der Waals surface area contributed by atoms with Crippen molar-refractivity contribution in [2.75, 3.05) is 5.32 Å². The number of hydrogen-bond donors (Lipinski definition) is 3. The van der Waals surface area contributed by atoms with Gasteiger partial charge in [0.15, 0.2) is 0 Å². The second kappa shape index (κ2) is 4.89. The van der Waals surface area contributed by atoms with Crippen LogP contribution in [-0.2, 0) is 0 Å². The van der Waals surface area contributed by atoms with Gasteiger partial charge in [0.05, 0.1) is 11.3 Å². The van der Waals surface area contributed by atoms with Gasteiger partial charge in [-0.25, -0.2) is 8.78 Å². The maximum absolute atomic E-state index is 13.3. The number of aromatic hydroxyl groups is 1. The highest BCUT2D eigenvalue weighted by molar-refractivity contribution is 6.05. The van der Waals surface area contributed by atoms with Crippen LogP contribution in [0.25, 0.3) is 0 Å². The van der Waals surface area contributed by atoms with Crippen molar-refractivity contribution in [3.05, 3.63) is 58.0 Å². The first kappa shape index (κ1) is 12.7. The average Bonchev–Trinajstić information content (AvgIpc) is 2.33. The summed E-state index contributed by atoms with van der Waals surface area (Å²) in [6.45, 7) is 0. The summed E-state index contributed by atoms with van der Waals surface area (Å²) in [5, 5.41) is 11.5. The van der Waals surface area contributed by atoms with Crippen LogP contribution in [-0.4, -0.2) is 16.0 Å². The van der Waals surface area contributed by atoms with Crippen LogP contribution in [0.5, 0.6) is 5.75 Å². The lowest BCUT2D eigenvalue weighted by Gasteiger charge is -2.07. The van der Waals surface area contributed by atoms with Crippen LogP contribution < -0.4 is 10.9 Å². The Labute approximate surface area is 105 Å². The fraction of sp³-hybridized carbons (Fsp3) is 0. The molecule has 0 saturated carbocycles. The molecule has 98 valence electrons. The van der Waals surface area contributed by atoms with Gasteiger partial charge in [-0.05, 0) is 12.1 Å². The van der Waals surface area contributed by atoms with Crippen molar-refractivity contribution >= 4 is 11.6 Å². The van der Waals surface area contributed by atoms with E-state index in [1.165, 1.54) is 0 Å². The quantitative estimate of drug-likeness (QED) is 0.772. The predicted octanol–water partition coefficient (Wildman–Crippen LogP) is 1.61. The lowest BCUT2D eigenvalue weighted by Crippen LogP contribution is -2.16. The molecule has 1 aromatic heterocycles. The van der Waals surface area contributed by atoms with Crippen LogP contribution in [0, 0.1) is 11.6 Å².